The second kappa shape index (κ2) is 4.26. The standard InChI is InChI=1S/C12H17N3/c1-6-8-9-10(13-7-2)11(15-14-9)12(3,4)5/h6-8,14H,1-2H2,3-5H3/b9-8+,13-10?. The molecule has 80 valence electrons. The number of hydrogen-bond acceptors (Lipinski definition) is 3. The molecule has 3 nitrogen and oxygen atoms in total. The summed E-state index contributed by atoms with van der Waals surface area (Å²) in [6.07, 6.45) is 5.09. The minimum atomic E-state index is -0.0361. The molecule has 0 spiro atoms. The molecule has 0 amide bonds. The zero-order valence-electron chi connectivity index (χ0n) is 9.54. The van der Waals surface area contributed by atoms with Crippen LogP contribution >= 0.6 is 0 Å². The van der Waals surface area contributed by atoms with E-state index in [9.17, 15) is 0 Å². The topological polar surface area (TPSA) is 36.8 Å². The molecule has 15 heavy (non-hydrogen) atoms. The van der Waals surface area contributed by atoms with E-state index in [-0.39, 0.29) is 5.41 Å². The van der Waals surface area contributed by atoms with Gasteiger partial charge in [-0.15, -0.1) is 0 Å². The largest absolute Gasteiger partial charge is 0.276 e. The van der Waals surface area contributed by atoms with Crippen molar-refractivity contribution in [3.8, 4) is 0 Å². The molecule has 0 radical (unpaired) electrons. The van der Waals surface area contributed by atoms with E-state index in [1.54, 1.807) is 6.08 Å². The summed E-state index contributed by atoms with van der Waals surface area (Å²) in [5.41, 5.74) is 5.57. The van der Waals surface area contributed by atoms with Gasteiger partial charge in [0.2, 0.25) is 0 Å². The van der Waals surface area contributed by atoms with Gasteiger partial charge in [-0.05, 0) is 6.08 Å². The van der Waals surface area contributed by atoms with Crippen molar-refractivity contribution in [3.05, 3.63) is 37.2 Å². The Kier molecular flexibility index (Phi) is 3.24. The van der Waals surface area contributed by atoms with E-state index in [1.165, 1.54) is 6.20 Å². The van der Waals surface area contributed by atoms with Gasteiger partial charge >= 0.3 is 0 Å². The van der Waals surface area contributed by atoms with E-state index >= 15 is 0 Å². The summed E-state index contributed by atoms with van der Waals surface area (Å²) in [4.78, 5) is 4.24. The Morgan fingerprint density at radius 3 is 2.47 bits per heavy atom. The van der Waals surface area contributed by atoms with Crippen molar-refractivity contribution in [2.24, 2.45) is 15.5 Å². The molecule has 0 unspecified atom stereocenters. The van der Waals surface area contributed by atoms with Crippen LogP contribution in [0.25, 0.3) is 0 Å². The number of rotatable bonds is 2. The Bertz CT molecular complexity index is 365. The number of hydrazone groups is 1. The van der Waals surface area contributed by atoms with Crippen molar-refractivity contribution in [2.75, 3.05) is 0 Å². The van der Waals surface area contributed by atoms with Crippen LogP contribution < -0.4 is 5.43 Å². The van der Waals surface area contributed by atoms with Gasteiger partial charge in [-0.25, -0.2) is 0 Å². The molecular formula is C12H17N3. The minimum absolute atomic E-state index is 0.0361. The van der Waals surface area contributed by atoms with Gasteiger partial charge in [0.1, 0.15) is 5.71 Å². The van der Waals surface area contributed by atoms with Crippen LogP contribution in [0.2, 0.25) is 0 Å². The first-order valence-electron chi connectivity index (χ1n) is 4.87. The molecule has 0 fully saturated rings. The fourth-order valence-corrected chi connectivity index (χ4v) is 1.33. The Morgan fingerprint density at radius 2 is 2.00 bits per heavy atom. The highest BCUT2D eigenvalue weighted by Crippen LogP contribution is 2.22. The first kappa shape index (κ1) is 11.4. The number of nitrogens with one attached hydrogen (secondary N) is 1. The molecule has 0 aromatic rings. The van der Waals surface area contributed by atoms with Gasteiger partial charge in [0.25, 0.3) is 0 Å². The molecule has 0 aromatic carbocycles. The molecule has 0 aliphatic carbocycles. The van der Waals surface area contributed by atoms with E-state index in [2.05, 4.69) is 49.4 Å². The summed E-state index contributed by atoms with van der Waals surface area (Å²) in [6, 6.07) is 0. The lowest BCUT2D eigenvalue weighted by atomic mass is 9.86. The molecule has 0 atom stereocenters. The summed E-state index contributed by atoms with van der Waals surface area (Å²) in [5.74, 6) is 0. The first-order valence-corrected chi connectivity index (χ1v) is 4.87. The molecular weight excluding hydrogens is 186 g/mol. The van der Waals surface area contributed by atoms with Gasteiger partial charge in [0.05, 0.1) is 11.4 Å². The van der Waals surface area contributed by atoms with Gasteiger partial charge < -0.3 is 0 Å². The number of hydrogen-bond donors (Lipinski definition) is 1. The van der Waals surface area contributed by atoms with Crippen LogP contribution in [0, 0.1) is 5.41 Å². The van der Waals surface area contributed by atoms with Gasteiger partial charge in [0.15, 0.2) is 0 Å². The van der Waals surface area contributed by atoms with Crippen LogP contribution in [0.4, 0.5) is 0 Å². The fourth-order valence-electron chi connectivity index (χ4n) is 1.33. The third-order valence-corrected chi connectivity index (χ3v) is 1.98. The zero-order valence-corrected chi connectivity index (χ0v) is 9.54. The van der Waals surface area contributed by atoms with Crippen LogP contribution in [0.15, 0.2) is 47.3 Å². The predicted molar refractivity (Wildman–Crippen MR) is 65.9 cm³/mol. The molecule has 0 saturated carbocycles. The average molecular weight is 203 g/mol. The Balaban J connectivity index is 3.14. The molecule has 1 heterocycles. The van der Waals surface area contributed by atoms with Crippen molar-refractivity contribution in [1.82, 2.24) is 5.43 Å². The first-order chi connectivity index (χ1) is 7.00. The lowest BCUT2D eigenvalue weighted by Gasteiger charge is -2.17. The maximum atomic E-state index is 4.28. The van der Waals surface area contributed by atoms with Crippen molar-refractivity contribution >= 4 is 11.4 Å². The normalized spacial score (nSPS) is 21.4. The van der Waals surface area contributed by atoms with Crippen LogP contribution in [0.3, 0.4) is 0 Å². The lowest BCUT2D eigenvalue weighted by molar-refractivity contribution is 0.595. The molecule has 0 bridgehead atoms. The minimum Gasteiger partial charge on any atom is -0.276 e. The predicted octanol–water partition coefficient (Wildman–Crippen LogP) is 2.65. The van der Waals surface area contributed by atoms with E-state index in [0.717, 1.165) is 17.1 Å². The third-order valence-electron chi connectivity index (χ3n) is 1.98. The van der Waals surface area contributed by atoms with E-state index in [4.69, 9.17) is 0 Å². The average Bonchev–Trinajstić information content (AvgIpc) is 2.49. The fraction of sp³-hybridized carbons (Fsp3) is 0.333. The highest BCUT2D eigenvalue weighted by Gasteiger charge is 2.30. The van der Waals surface area contributed by atoms with Crippen molar-refractivity contribution in [2.45, 2.75) is 20.8 Å². The molecule has 1 N–H and O–H groups in total. The summed E-state index contributed by atoms with van der Waals surface area (Å²) in [6.45, 7) is 13.6. The Labute approximate surface area is 91.0 Å². The quantitative estimate of drug-likeness (QED) is 0.736. The van der Waals surface area contributed by atoms with E-state index < -0.39 is 0 Å². The second-order valence-electron chi connectivity index (χ2n) is 4.30. The van der Waals surface area contributed by atoms with Gasteiger partial charge in [-0.1, -0.05) is 40.0 Å². The molecule has 0 aromatic heterocycles. The lowest BCUT2D eigenvalue weighted by Crippen LogP contribution is -2.26. The Hall–Kier alpha value is -1.64. The van der Waals surface area contributed by atoms with Crippen molar-refractivity contribution in [1.29, 1.82) is 0 Å². The van der Waals surface area contributed by atoms with Crippen LogP contribution in [-0.2, 0) is 0 Å². The van der Waals surface area contributed by atoms with Crippen molar-refractivity contribution < 1.29 is 0 Å². The van der Waals surface area contributed by atoms with E-state index in [1.807, 2.05) is 6.08 Å². The van der Waals surface area contributed by atoms with Crippen LogP contribution in [0.5, 0.6) is 0 Å². The van der Waals surface area contributed by atoms with Crippen LogP contribution in [0.1, 0.15) is 20.8 Å². The molecule has 1 aliphatic heterocycles. The summed E-state index contributed by atoms with van der Waals surface area (Å²) in [5, 5.41) is 4.28. The summed E-state index contributed by atoms with van der Waals surface area (Å²) in [7, 11) is 0. The molecule has 3 heteroatoms. The maximum Gasteiger partial charge on any atom is 0.112 e. The maximum absolute atomic E-state index is 4.28. The van der Waals surface area contributed by atoms with Crippen LogP contribution in [-0.4, -0.2) is 11.4 Å². The third kappa shape index (κ3) is 2.43. The smallest absolute Gasteiger partial charge is 0.112 e. The Morgan fingerprint density at radius 1 is 1.33 bits per heavy atom. The number of nitrogens with zero attached hydrogens (tertiary/aromatic N) is 2. The summed E-state index contributed by atoms with van der Waals surface area (Å²) < 4.78 is 0. The second-order valence-corrected chi connectivity index (χ2v) is 4.30. The highest BCUT2D eigenvalue weighted by molar-refractivity contribution is 6.51. The van der Waals surface area contributed by atoms with Gasteiger partial charge in [0, 0.05) is 11.6 Å². The number of allylic oxidation sites excluding steroid dienone is 3. The SMILES string of the molecule is C=C/C=C1/NN=C(C(C)(C)C)C1=NC=C. The number of aliphatic imine (C=N–C) groups is 1. The molecule has 1 rings (SSSR count). The van der Waals surface area contributed by atoms with E-state index in [0.29, 0.717) is 0 Å². The van der Waals surface area contributed by atoms with Crippen molar-refractivity contribution in [3.63, 3.8) is 0 Å². The summed E-state index contributed by atoms with van der Waals surface area (Å²) >= 11 is 0. The van der Waals surface area contributed by atoms with Gasteiger partial charge in [-0.3, -0.25) is 10.4 Å². The zero-order chi connectivity index (χ0) is 11.5. The van der Waals surface area contributed by atoms with Gasteiger partial charge in [-0.2, -0.15) is 5.10 Å². The highest BCUT2D eigenvalue weighted by atomic mass is 15.3. The molecule has 0 saturated heterocycles. The monoisotopic (exact) mass is 203 g/mol. The molecule has 1 aliphatic rings.